The Kier molecular flexibility index (Phi) is 5.18. The third kappa shape index (κ3) is 4.45. The van der Waals surface area contributed by atoms with Crippen LogP contribution in [0, 0.1) is 0 Å². The molecule has 1 atom stereocenters. The molecule has 1 aliphatic rings. The first-order chi connectivity index (χ1) is 11.9. The summed E-state index contributed by atoms with van der Waals surface area (Å²) in [4.78, 5) is 16.7. The number of rotatable bonds is 5. The highest BCUT2D eigenvalue weighted by Crippen LogP contribution is 2.26. The second-order valence-corrected chi connectivity index (χ2v) is 7.49. The van der Waals surface area contributed by atoms with E-state index in [1.807, 2.05) is 24.3 Å². The molecule has 25 heavy (non-hydrogen) atoms. The molecule has 1 fully saturated rings. The van der Waals surface area contributed by atoms with Crippen LogP contribution in [0.1, 0.15) is 52.1 Å². The van der Waals surface area contributed by atoms with Gasteiger partial charge in [0.1, 0.15) is 5.82 Å². The molecule has 1 unspecified atom stereocenters. The van der Waals surface area contributed by atoms with Crippen molar-refractivity contribution in [2.75, 3.05) is 11.9 Å². The Morgan fingerprint density at radius 2 is 2.24 bits per heavy atom. The minimum Gasteiger partial charge on any atom is -0.378 e. The smallest absolute Gasteiger partial charge is 0.225 e. The third-order valence-corrected chi connectivity index (χ3v) is 4.33. The van der Waals surface area contributed by atoms with Gasteiger partial charge in [-0.15, -0.1) is 0 Å². The van der Waals surface area contributed by atoms with Crippen molar-refractivity contribution in [3.05, 3.63) is 36.2 Å². The zero-order chi connectivity index (χ0) is 17.9. The predicted molar refractivity (Wildman–Crippen MR) is 96.9 cm³/mol. The number of amides is 1. The van der Waals surface area contributed by atoms with Crippen LogP contribution in [0.4, 0.5) is 5.82 Å². The normalized spacial score (nSPS) is 17.6. The molecule has 1 amide bonds. The van der Waals surface area contributed by atoms with Gasteiger partial charge in [0.05, 0.1) is 11.8 Å². The van der Waals surface area contributed by atoms with E-state index >= 15 is 0 Å². The Bertz CT molecular complexity index is 713. The highest BCUT2D eigenvalue weighted by atomic mass is 16.5. The van der Waals surface area contributed by atoms with E-state index in [2.05, 4.69) is 36.2 Å². The number of aromatic nitrogens is 3. The highest BCUT2D eigenvalue weighted by molar-refractivity contribution is 5.90. The molecule has 0 spiro atoms. The minimum absolute atomic E-state index is 0.0203. The fraction of sp³-hybridized carbons (Fsp3) is 0.526. The second kappa shape index (κ2) is 7.35. The molecule has 3 rings (SSSR count). The lowest BCUT2D eigenvalue weighted by Crippen LogP contribution is -2.17. The maximum absolute atomic E-state index is 12.4. The van der Waals surface area contributed by atoms with E-state index in [0.29, 0.717) is 18.1 Å². The summed E-state index contributed by atoms with van der Waals surface area (Å²) in [5.74, 6) is 1.32. The molecule has 0 radical (unpaired) electrons. The largest absolute Gasteiger partial charge is 0.378 e. The molecule has 2 aromatic heterocycles. The Balaban J connectivity index is 1.76. The van der Waals surface area contributed by atoms with Gasteiger partial charge in [0.15, 0.2) is 5.82 Å². The Labute approximate surface area is 148 Å². The van der Waals surface area contributed by atoms with Gasteiger partial charge in [-0.1, -0.05) is 26.8 Å². The average Bonchev–Trinajstić information content (AvgIpc) is 3.23. The van der Waals surface area contributed by atoms with Crippen molar-refractivity contribution in [3.63, 3.8) is 0 Å². The summed E-state index contributed by atoms with van der Waals surface area (Å²) >= 11 is 0. The van der Waals surface area contributed by atoms with Crippen LogP contribution in [-0.4, -0.2) is 33.4 Å². The van der Waals surface area contributed by atoms with Crippen LogP contribution in [-0.2, 0) is 14.9 Å². The highest BCUT2D eigenvalue weighted by Gasteiger charge is 2.22. The lowest BCUT2D eigenvalue weighted by atomic mass is 9.92. The van der Waals surface area contributed by atoms with E-state index in [1.54, 1.807) is 10.9 Å². The lowest BCUT2D eigenvalue weighted by molar-refractivity contribution is -0.116. The zero-order valence-electron chi connectivity index (χ0n) is 15.2. The van der Waals surface area contributed by atoms with E-state index in [9.17, 15) is 4.79 Å². The number of pyridine rings is 1. The number of hydrogen-bond donors (Lipinski definition) is 1. The van der Waals surface area contributed by atoms with Crippen LogP contribution in [0.2, 0.25) is 0 Å². The molecular weight excluding hydrogens is 316 g/mol. The first-order valence-corrected chi connectivity index (χ1v) is 8.87. The Hall–Kier alpha value is -2.21. The first kappa shape index (κ1) is 17.6. The summed E-state index contributed by atoms with van der Waals surface area (Å²) in [6.07, 6.45) is 5.28. The van der Waals surface area contributed by atoms with Crippen LogP contribution >= 0.6 is 0 Å². The van der Waals surface area contributed by atoms with Crippen molar-refractivity contribution in [2.45, 2.75) is 58.0 Å². The molecule has 1 saturated heterocycles. The van der Waals surface area contributed by atoms with E-state index in [0.717, 1.165) is 31.6 Å². The summed E-state index contributed by atoms with van der Waals surface area (Å²) in [6, 6.07) is 7.57. The Morgan fingerprint density at radius 1 is 1.40 bits per heavy atom. The number of carbonyl (C=O) groups is 1. The number of nitrogens with one attached hydrogen (secondary N) is 1. The van der Waals surface area contributed by atoms with Gasteiger partial charge in [-0.2, -0.15) is 9.78 Å². The van der Waals surface area contributed by atoms with E-state index in [-0.39, 0.29) is 17.4 Å². The topological polar surface area (TPSA) is 69.0 Å². The Morgan fingerprint density at radius 3 is 2.88 bits per heavy atom. The van der Waals surface area contributed by atoms with Crippen molar-refractivity contribution in [3.8, 4) is 5.82 Å². The quantitative estimate of drug-likeness (QED) is 0.903. The van der Waals surface area contributed by atoms with Gasteiger partial charge in [0.25, 0.3) is 0 Å². The van der Waals surface area contributed by atoms with Gasteiger partial charge in [-0.3, -0.25) is 4.79 Å². The number of anilines is 1. The van der Waals surface area contributed by atoms with Gasteiger partial charge in [0.2, 0.25) is 5.91 Å². The molecule has 0 bridgehead atoms. The monoisotopic (exact) mass is 342 g/mol. The number of ether oxygens (including phenoxy) is 1. The summed E-state index contributed by atoms with van der Waals surface area (Å²) < 4.78 is 7.29. The first-order valence-electron chi connectivity index (χ1n) is 8.87. The molecule has 0 aliphatic carbocycles. The van der Waals surface area contributed by atoms with Crippen molar-refractivity contribution in [2.24, 2.45) is 0 Å². The van der Waals surface area contributed by atoms with Gasteiger partial charge >= 0.3 is 0 Å². The van der Waals surface area contributed by atoms with Crippen LogP contribution in [0.3, 0.4) is 0 Å². The van der Waals surface area contributed by atoms with Crippen LogP contribution < -0.4 is 5.32 Å². The maximum atomic E-state index is 12.4. The van der Waals surface area contributed by atoms with Crippen LogP contribution in [0.5, 0.6) is 0 Å². The second-order valence-electron chi connectivity index (χ2n) is 7.49. The van der Waals surface area contributed by atoms with Crippen molar-refractivity contribution >= 4 is 11.7 Å². The molecule has 6 nitrogen and oxygen atoms in total. The van der Waals surface area contributed by atoms with Crippen LogP contribution in [0.15, 0.2) is 30.5 Å². The molecule has 2 aromatic rings. The maximum Gasteiger partial charge on any atom is 0.225 e. The molecular formula is C19H26N4O2. The summed E-state index contributed by atoms with van der Waals surface area (Å²) in [6.45, 7) is 7.11. The molecule has 6 heteroatoms. The third-order valence-electron chi connectivity index (χ3n) is 4.33. The number of carbonyl (C=O) groups excluding carboxylic acids is 1. The van der Waals surface area contributed by atoms with E-state index < -0.39 is 0 Å². The molecule has 0 aromatic carbocycles. The summed E-state index contributed by atoms with van der Waals surface area (Å²) in [5.41, 5.74) is 0.796. The van der Waals surface area contributed by atoms with Gasteiger partial charge in [-0.05, 0) is 31.4 Å². The predicted octanol–water partition coefficient (Wildman–Crippen LogP) is 3.46. The van der Waals surface area contributed by atoms with E-state index in [4.69, 9.17) is 4.74 Å². The van der Waals surface area contributed by atoms with Crippen molar-refractivity contribution in [1.82, 2.24) is 14.8 Å². The molecule has 1 aliphatic heterocycles. The fourth-order valence-electron chi connectivity index (χ4n) is 2.86. The number of hydrogen-bond acceptors (Lipinski definition) is 4. The van der Waals surface area contributed by atoms with Crippen LogP contribution in [0.25, 0.3) is 5.82 Å². The van der Waals surface area contributed by atoms with Crippen molar-refractivity contribution < 1.29 is 9.53 Å². The average molecular weight is 342 g/mol. The van der Waals surface area contributed by atoms with Crippen molar-refractivity contribution in [1.29, 1.82) is 0 Å². The zero-order valence-corrected chi connectivity index (χ0v) is 15.2. The standard InChI is InChI=1S/C19H26N4O2/c1-19(2,3)15-13-17(23(22-15)16-8-4-5-11-20-16)21-18(24)10-9-14-7-6-12-25-14/h4-5,8,11,13-14H,6-7,9-10,12H2,1-3H3,(H,21,24). The number of nitrogens with zero attached hydrogens (tertiary/aromatic N) is 3. The van der Waals surface area contributed by atoms with E-state index in [1.165, 1.54) is 0 Å². The SMILES string of the molecule is CC(C)(C)c1cc(NC(=O)CCC2CCCO2)n(-c2ccccn2)n1. The minimum atomic E-state index is -0.114. The lowest BCUT2D eigenvalue weighted by Gasteiger charge is -2.13. The molecule has 0 saturated carbocycles. The summed E-state index contributed by atoms with van der Waals surface area (Å²) in [7, 11) is 0. The van der Waals surface area contributed by atoms with Gasteiger partial charge in [0, 0.05) is 30.7 Å². The molecule has 1 N–H and O–H groups in total. The molecule has 134 valence electrons. The van der Waals surface area contributed by atoms with Gasteiger partial charge in [-0.25, -0.2) is 4.98 Å². The fourth-order valence-corrected chi connectivity index (χ4v) is 2.86. The molecule has 3 heterocycles. The van der Waals surface area contributed by atoms with Gasteiger partial charge < -0.3 is 10.1 Å². The summed E-state index contributed by atoms with van der Waals surface area (Å²) in [5, 5.41) is 7.65.